The molecule has 4 fully saturated rings. The fraction of sp³-hybridized carbons (Fsp3) is 0.500. The summed E-state index contributed by atoms with van der Waals surface area (Å²) in [4.78, 5) is 33.0. The van der Waals surface area contributed by atoms with Crippen LogP contribution in [-0.4, -0.2) is 70.3 Å². The highest BCUT2D eigenvalue weighted by atomic mass is 16.6. The molecule has 2 aromatic carbocycles. The van der Waals surface area contributed by atoms with Crippen LogP contribution in [0.5, 0.6) is 0 Å². The highest BCUT2D eigenvalue weighted by Crippen LogP contribution is 2.37. The minimum absolute atomic E-state index is 0.0373. The number of carbonyl (C=O) groups is 2. The highest BCUT2D eigenvalue weighted by molar-refractivity contribution is 5.74. The van der Waals surface area contributed by atoms with Crippen LogP contribution in [0.4, 0.5) is 4.79 Å². The highest BCUT2D eigenvalue weighted by Gasteiger charge is 2.40. The van der Waals surface area contributed by atoms with E-state index in [1.54, 1.807) is 6.33 Å². The quantitative estimate of drug-likeness (QED) is 0.401. The molecule has 2 bridgehead atoms. The lowest BCUT2D eigenvalue weighted by atomic mass is 9.86. The summed E-state index contributed by atoms with van der Waals surface area (Å²) in [5, 5.41) is 0. The van der Waals surface area contributed by atoms with Gasteiger partial charge in [-0.1, -0.05) is 61.5 Å². The molecular weight excluding hydrogens is 528 g/mol. The summed E-state index contributed by atoms with van der Waals surface area (Å²) in [7, 11) is 1.97. The molecule has 0 spiro atoms. The van der Waals surface area contributed by atoms with Crippen molar-refractivity contribution < 1.29 is 19.1 Å². The SMILES string of the molecule is CC[C@@H]1C(=O)OC[C@@H]1Cc1cncn1C.O=C(O[C@H]1CN2CCC1CC2)N1CCc2ccccc2[C@@H]1c1ccccc1. The number of esters is 1. The summed E-state index contributed by atoms with van der Waals surface area (Å²) in [6, 6.07) is 18.8. The largest absolute Gasteiger partial charge is 0.465 e. The van der Waals surface area contributed by atoms with Gasteiger partial charge in [0.1, 0.15) is 6.10 Å². The average molecular weight is 571 g/mol. The van der Waals surface area contributed by atoms with Crippen molar-refractivity contribution in [2.75, 3.05) is 32.8 Å². The summed E-state index contributed by atoms with van der Waals surface area (Å²) in [5.41, 5.74) is 4.87. The number of cyclic esters (lactones) is 1. The van der Waals surface area contributed by atoms with Gasteiger partial charge in [0, 0.05) is 37.9 Å². The molecule has 0 radical (unpaired) electrons. The summed E-state index contributed by atoms with van der Waals surface area (Å²) >= 11 is 0. The van der Waals surface area contributed by atoms with Gasteiger partial charge in [-0.25, -0.2) is 9.78 Å². The zero-order valence-electron chi connectivity index (χ0n) is 24.7. The van der Waals surface area contributed by atoms with Crippen molar-refractivity contribution in [3.8, 4) is 0 Å². The van der Waals surface area contributed by atoms with E-state index in [2.05, 4.69) is 46.3 Å². The summed E-state index contributed by atoms with van der Waals surface area (Å²) < 4.78 is 13.2. The number of aromatic nitrogens is 2. The molecule has 0 unspecified atom stereocenters. The lowest BCUT2D eigenvalue weighted by molar-refractivity contribution is -0.141. The van der Waals surface area contributed by atoms with Gasteiger partial charge in [0.15, 0.2) is 0 Å². The van der Waals surface area contributed by atoms with E-state index in [0.29, 0.717) is 25.0 Å². The fourth-order valence-electron chi connectivity index (χ4n) is 7.16. The Labute approximate surface area is 248 Å². The number of nitrogens with zero attached hydrogens (tertiary/aromatic N) is 4. The first-order valence-corrected chi connectivity index (χ1v) is 15.5. The normalized spacial score (nSPS) is 28.0. The van der Waals surface area contributed by atoms with Gasteiger partial charge in [0.2, 0.25) is 0 Å². The maximum atomic E-state index is 13.2. The van der Waals surface area contributed by atoms with E-state index in [0.717, 1.165) is 63.0 Å². The summed E-state index contributed by atoms with van der Waals surface area (Å²) in [6.07, 6.45) is 8.47. The van der Waals surface area contributed by atoms with Gasteiger partial charge in [0.05, 0.1) is 24.9 Å². The van der Waals surface area contributed by atoms with Gasteiger partial charge < -0.3 is 14.0 Å². The fourth-order valence-corrected chi connectivity index (χ4v) is 7.16. The van der Waals surface area contributed by atoms with Crippen molar-refractivity contribution in [3.63, 3.8) is 0 Å². The van der Waals surface area contributed by atoms with E-state index in [1.807, 2.05) is 47.8 Å². The molecule has 5 aliphatic heterocycles. The molecule has 1 aromatic heterocycles. The van der Waals surface area contributed by atoms with Gasteiger partial charge in [-0.2, -0.15) is 0 Å². The van der Waals surface area contributed by atoms with Gasteiger partial charge in [-0.15, -0.1) is 0 Å². The number of carbonyl (C=O) groups excluding carboxylic acids is 2. The molecule has 0 N–H and O–H groups in total. The number of fused-ring (bicyclic) bond motifs is 4. The Kier molecular flexibility index (Phi) is 8.60. The molecule has 222 valence electrons. The third-order valence-corrected chi connectivity index (χ3v) is 9.62. The van der Waals surface area contributed by atoms with E-state index in [9.17, 15) is 9.59 Å². The second-order valence-corrected chi connectivity index (χ2v) is 12.1. The summed E-state index contributed by atoms with van der Waals surface area (Å²) in [6.45, 7) is 6.51. The maximum absolute atomic E-state index is 13.2. The predicted octanol–water partition coefficient (Wildman–Crippen LogP) is 5.03. The van der Waals surface area contributed by atoms with Crippen molar-refractivity contribution in [3.05, 3.63) is 89.5 Å². The number of hydrogen-bond acceptors (Lipinski definition) is 6. The zero-order chi connectivity index (χ0) is 29.1. The lowest BCUT2D eigenvalue weighted by Gasteiger charge is -2.45. The Morgan fingerprint density at radius 1 is 1.05 bits per heavy atom. The minimum atomic E-state index is -0.155. The Bertz CT molecular complexity index is 1370. The molecule has 1 amide bonds. The molecule has 4 saturated heterocycles. The minimum Gasteiger partial charge on any atom is -0.465 e. The number of benzene rings is 2. The van der Waals surface area contributed by atoms with E-state index in [1.165, 1.54) is 11.1 Å². The molecule has 0 saturated carbocycles. The number of hydrogen-bond donors (Lipinski definition) is 0. The predicted molar refractivity (Wildman–Crippen MR) is 160 cm³/mol. The molecule has 6 heterocycles. The number of aryl methyl sites for hydroxylation is 1. The molecule has 5 aliphatic rings. The Balaban J connectivity index is 0.000000179. The number of imidazole rings is 1. The van der Waals surface area contributed by atoms with Crippen LogP contribution in [0.25, 0.3) is 0 Å². The van der Waals surface area contributed by atoms with Crippen molar-refractivity contribution in [2.45, 2.75) is 51.2 Å². The number of piperidine rings is 3. The second kappa shape index (κ2) is 12.7. The first-order chi connectivity index (χ1) is 20.5. The molecule has 8 nitrogen and oxygen atoms in total. The van der Waals surface area contributed by atoms with Gasteiger partial charge in [-0.3, -0.25) is 14.6 Å². The Morgan fingerprint density at radius 3 is 2.50 bits per heavy atom. The topological polar surface area (TPSA) is 76.9 Å². The Morgan fingerprint density at radius 2 is 1.81 bits per heavy atom. The third-order valence-electron chi connectivity index (χ3n) is 9.62. The van der Waals surface area contributed by atoms with E-state index >= 15 is 0 Å². The first-order valence-electron chi connectivity index (χ1n) is 15.5. The van der Waals surface area contributed by atoms with Crippen LogP contribution in [-0.2, 0) is 34.2 Å². The number of ether oxygens (including phenoxy) is 2. The van der Waals surface area contributed by atoms with E-state index in [-0.39, 0.29) is 30.1 Å². The van der Waals surface area contributed by atoms with E-state index < -0.39 is 0 Å². The van der Waals surface area contributed by atoms with Crippen LogP contribution < -0.4 is 0 Å². The van der Waals surface area contributed by atoms with Crippen LogP contribution in [0.15, 0.2) is 67.1 Å². The van der Waals surface area contributed by atoms with Crippen LogP contribution in [0, 0.1) is 17.8 Å². The lowest BCUT2D eigenvalue weighted by Crippen LogP contribution is -2.53. The smallest absolute Gasteiger partial charge is 0.410 e. The number of rotatable bonds is 5. The van der Waals surface area contributed by atoms with Gasteiger partial charge >= 0.3 is 12.1 Å². The van der Waals surface area contributed by atoms with Crippen LogP contribution in [0.1, 0.15) is 54.6 Å². The molecule has 0 aliphatic carbocycles. The molecule has 8 heteroatoms. The van der Waals surface area contributed by atoms with Crippen molar-refractivity contribution in [1.82, 2.24) is 19.4 Å². The molecule has 42 heavy (non-hydrogen) atoms. The van der Waals surface area contributed by atoms with Crippen molar-refractivity contribution >= 4 is 12.1 Å². The maximum Gasteiger partial charge on any atom is 0.410 e. The van der Waals surface area contributed by atoms with Crippen molar-refractivity contribution in [1.29, 1.82) is 0 Å². The monoisotopic (exact) mass is 570 g/mol. The van der Waals surface area contributed by atoms with Crippen LogP contribution in [0.3, 0.4) is 0 Å². The second-order valence-electron chi connectivity index (χ2n) is 12.1. The molecule has 3 aromatic rings. The van der Waals surface area contributed by atoms with Crippen molar-refractivity contribution in [2.24, 2.45) is 24.8 Å². The Hall–Kier alpha value is -3.65. The summed E-state index contributed by atoms with van der Waals surface area (Å²) in [5.74, 6) is 0.883. The molecule has 8 rings (SSSR count). The third kappa shape index (κ3) is 5.95. The average Bonchev–Trinajstić information content (AvgIpc) is 3.61. The standard InChI is InChI=1S/C23H26N2O2.C11H16N2O2/c26-23(27-21-16-24-13-10-18(21)11-14-24)25-15-12-17-6-4-5-9-20(17)22(25)19-7-2-1-3-8-19;1-3-10-8(6-15-11(10)14)4-9-5-12-7-13(9)2/h1-9,18,21-22H,10-16H2;5,7-8,10H,3-4,6H2,1-2H3/t21-,22-;8-,10-/m00/s1. The molecule has 4 atom stereocenters. The van der Waals surface area contributed by atoms with Crippen LogP contribution in [0.2, 0.25) is 0 Å². The van der Waals surface area contributed by atoms with Gasteiger partial charge in [-0.05, 0) is 67.8 Å². The zero-order valence-corrected chi connectivity index (χ0v) is 24.7. The number of amides is 1. The first kappa shape index (κ1) is 28.5. The van der Waals surface area contributed by atoms with Crippen LogP contribution >= 0.6 is 0 Å². The van der Waals surface area contributed by atoms with E-state index in [4.69, 9.17) is 9.47 Å². The van der Waals surface area contributed by atoms with Gasteiger partial charge in [0.25, 0.3) is 0 Å². The molecular formula is C34H42N4O4.